The first kappa shape index (κ1) is 15.5. The average Bonchev–Trinajstić information content (AvgIpc) is 2.74. The maximum absolute atomic E-state index is 12.4. The van der Waals surface area contributed by atoms with E-state index in [9.17, 15) is 4.79 Å². The van der Waals surface area contributed by atoms with Crippen LogP contribution in [0.5, 0.6) is 0 Å². The Morgan fingerprint density at radius 2 is 2.05 bits per heavy atom. The Balaban J connectivity index is 2.75. The molecular weight excluding hydrogens is 242 g/mol. The van der Waals surface area contributed by atoms with Crippen molar-refractivity contribution in [1.29, 1.82) is 0 Å². The number of hydrogen-bond donors (Lipinski definition) is 1. The zero-order valence-electron chi connectivity index (χ0n) is 12.3. The number of carbonyl (C=O) groups is 1. The van der Waals surface area contributed by atoms with E-state index >= 15 is 0 Å². The smallest absolute Gasteiger partial charge is 0.244 e. The van der Waals surface area contributed by atoms with E-state index in [2.05, 4.69) is 37.8 Å². The van der Waals surface area contributed by atoms with Crippen molar-refractivity contribution in [2.24, 2.45) is 5.92 Å². The van der Waals surface area contributed by atoms with Gasteiger partial charge in [0.2, 0.25) is 11.9 Å². The van der Waals surface area contributed by atoms with Crippen molar-refractivity contribution in [3.05, 3.63) is 6.33 Å². The first-order valence-electron chi connectivity index (χ1n) is 6.92. The summed E-state index contributed by atoms with van der Waals surface area (Å²) < 4.78 is 1.49. The summed E-state index contributed by atoms with van der Waals surface area (Å²) in [6, 6.07) is 0.288. The quantitative estimate of drug-likeness (QED) is 0.812. The Kier molecular flexibility index (Phi) is 5.79. The highest BCUT2D eigenvalue weighted by Gasteiger charge is 2.22. The van der Waals surface area contributed by atoms with Gasteiger partial charge >= 0.3 is 0 Å². The maximum atomic E-state index is 12.4. The van der Waals surface area contributed by atoms with Crippen LogP contribution in [0.3, 0.4) is 0 Å². The summed E-state index contributed by atoms with van der Waals surface area (Å²) in [7, 11) is 0. The normalized spacial score (nSPS) is 11.3. The van der Waals surface area contributed by atoms with Crippen molar-refractivity contribution in [2.75, 3.05) is 12.3 Å². The van der Waals surface area contributed by atoms with Crippen LogP contribution in [0.2, 0.25) is 0 Å². The maximum Gasteiger partial charge on any atom is 0.244 e. The molecule has 0 aliphatic heterocycles. The molecule has 0 atom stereocenters. The van der Waals surface area contributed by atoms with Gasteiger partial charge in [0.1, 0.15) is 12.9 Å². The van der Waals surface area contributed by atoms with Gasteiger partial charge in [-0.2, -0.15) is 0 Å². The molecule has 0 unspecified atom stereocenters. The standard InChI is InChI=1S/C13H25N5O/c1-5-11(6-2)18(7-10(3)4)12(19)8-17-9-15-13(14)16-17/h9-11H,5-8H2,1-4H3,(H2,14,16). The van der Waals surface area contributed by atoms with E-state index in [0.29, 0.717) is 5.92 Å². The molecule has 19 heavy (non-hydrogen) atoms. The lowest BCUT2D eigenvalue weighted by atomic mass is 10.1. The molecule has 0 aliphatic rings. The second kappa shape index (κ2) is 7.11. The summed E-state index contributed by atoms with van der Waals surface area (Å²) in [5.74, 6) is 0.725. The molecule has 0 saturated carbocycles. The summed E-state index contributed by atoms with van der Waals surface area (Å²) >= 11 is 0. The third-order valence-electron chi connectivity index (χ3n) is 3.12. The zero-order valence-corrected chi connectivity index (χ0v) is 12.3. The second-order valence-corrected chi connectivity index (χ2v) is 5.21. The van der Waals surface area contributed by atoms with Crippen LogP contribution in [0, 0.1) is 5.92 Å². The fraction of sp³-hybridized carbons (Fsp3) is 0.769. The van der Waals surface area contributed by atoms with E-state index in [0.717, 1.165) is 19.4 Å². The molecule has 1 aromatic rings. The van der Waals surface area contributed by atoms with Crippen LogP contribution in [-0.4, -0.2) is 38.2 Å². The molecular formula is C13H25N5O. The number of nitrogen functional groups attached to an aromatic ring is 1. The lowest BCUT2D eigenvalue weighted by Gasteiger charge is -2.32. The minimum Gasteiger partial charge on any atom is -0.367 e. The van der Waals surface area contributed by atoms with E-state index < -0.39 is 0 Å². The van der Waals surface area contributed by atoms with E-state index in [1.54, 1.807) is 0 Å². The molecule has 6 nitrogen and oxygen atoms in total. The number of aromatic nitrogens is 3. The SMILES string of the molecule is CCC(CC)N(CC(C)C)C(=O)Cn1cnc(N)n1. The Bertz CT molecular complexity index is 397. The molecule has 0 bridgehead atoms. The molecule has 0 radical (unpaired) electrons. The van der Waals surface area contributed by atoms with Crippen molar-refractivity contribution in [1.82, 2.24) is 19.7 Å². The fourth-order valence-electron chi connectivity index (χ4n) is 2.19. The number of nitrogens with zero attached hydrogens (tertiary/aromatic N) is 4. The fourth-order valence-corrected chi connectivity index (χ4v) is 2.19. The highest BCUT2D eigenvalue weighted by molar-refractivity contribution is 5.76. The molecule has 0 aromatic carbocycles. The largest absolute Gasteiger partial charge is 0.367 e. The van der Waals surface area contributed by atoms with Crippen molar-refractivity contribution >= 4 is 11.9 Å². The van der Waals surface area contributed by atoms with Crippen LogP contribution < -0.4 is 5.73 Å². The van der Waals surface area contributed by atoms with Crippen molar-refractivity contribution in [3.8, 4) is 0 Å². The first-order valence-corrected chi connectivity index (χ1v) is 6.92. The highest BCUT2D eigenvalue weighted by atomic mass is 16.2. The number of hydrogen-bond acceptors (Lipinski definition) is 4. The van der Waals surface area contributed by atoms with Gasteiger partial charge in [0.05, 0.1) is 0 Å². The van der Waals surface area contributed by atoms with Crippen LogP contribution in [0.15, 0.2) is 6.33 Å². The van der Waals surface area contributed by atoms with Crippen molar-refractivity contribution in [3.63, 3.8) is 0 Å². The van der Waals surface area contributed by atoms with Crippen LogP contribution in [0.25, 0.3) is 0 Å². The molecule has 0 fully saturated rings. The lowest BCUT2D eigenvalue weighted by molar-refractivity contribution is -0.135. The zero-order chi connectivity index (χ0) is 14.4. The highest BCUT2D eigenvalue weighted by Crippen LogP contribution is 2.12. The van der Waals surface area contributed by atoms with Gasteiger partial charge in [-0.15, -0.1) is 5.10 Å². The number of anilines is 1. The van der Waals surface area contributed by atoms with Crippen LogP contribution >= 0.6 is 0 Å². The third kappa shape index (κ3) is 4.54. The molecule has 108 valence electrons. The molecule has 1 amide bonds. The minimum atomic E-state index is 0.0762. The Morgan fingerprint density at radius 3 is 2.47 bits per heavy atom. The average molecular weight is 267 g/mol. The molecule has 0 aliphatic carbocycles. The Labute approximate surface area is 115 Å². The van der Waals surface area contributed by atoms with Gasteiger partial charge in [0.25, 0.3) is 0 Å². The van der Waals surface area contributed by atoms with Gasteiger partial charge in [-0.1, -0.05) is 27.7 Å². The van der Waals surface area contributed by atoms with Gasteiger partial charge in [0.15, 0.2) is 0 Å². The van der Waals surface area contributed by atoms with E-state index in [1.165, 1.54) is 11.0 Å². The van der Waals surface area contributed by atoms with Crippen molar-refractivity contribution < 1.29 is 4.79 Å². The molecule has 1 heterocycles. The Hall–Kier alpha value is -1.59. The number of amides is 1. The van der Waals surface area contributed by atoms with Crippen LogP contribution in [0.1, 0.15) is 40.5 Å². The third-order valence-corrected chi connectivity index (χ3v) is 3.12. The van der Waals surface area contributed by atoms with Crippen molar-refractivity contribution in [2.45, 2.75) is 53.1 Å². The first-order chi connectivity index (χ1) is 8.97. The summed E-state index contributed by atoms with van der Waals surface area (Å²) in [6.07, 6.45) is 3.43. The molecule has 1 aromatic heterocycles. The predicted octanol–water partition coefficient (Wildman–Crippen LogP) is 1.53. The Morgan fingerprint density at radius 1 is 1.42 bits per heavy atom. The van der Waals surface area contributed by atoms with E-state index in [4.69, 9.17) is 5.73 Å². The second-order valence-electron chi connectivity index (χ2n) is 5.21. The number of rotatable bonds is 7. The molecule has 1 rings (SSSR count). The van der Waals surface area contributed by atoms with Gasteiger partial charge < -0.3 is 10.6 Å². The lowest BCUT2D eigenvalue weighted by Crippen LogP contribution is -2.43. The van der Waals surface area contributed by atoms with Gasteiger partial charge in [-0.05, 0) is 18.8 Å². The number of carbonyl (C=O) groups excluding carboxylic acids is 1. The monoisotopic (exact) mass is 267 g/mol. The van der Waals surface area contributed by atoms with Crippen LogP contribution in [-0.2, 0) is 11.3 Å². The summed E-state index contributed by atoms with van der Waals surface area (Å²) in [4.78, 5) is 18.2. The topological polar surface area (TPSA) is 77.0 Å². The van der Waals surface area contributed by atoms with Gasteiger partial charge in [-0.3, -0.25) is 4.79 Å². The summed E-state index contributed by atoms with van der Waals surface area (Å²) in [5, 5.41) is 3.96. The molecule has 2 N–H and O–H groups in total. The molecule has 6 heteroatoms. The molecule has 0 saturated heterocycles. The van der Waals surface area contributed by atoms with E-state index in [1.807, 2.05) is 4.90 Å². The molecule has 0 spiro atoms. The summed E-state index contributed by atoms with van der Waals surface area (Å²) in [5.41, 5.74) is 5.46. The van der Waals surface area contributed by atoms with E-state index in [-0.39, 0.29) is 24.4 Å². The number of nitrogens with two attached hydrogens (primary N) is 1. The predicted molar refractivity (Wildman–Crippen MR) is 75.4 cm³/mol. The van der Waals surface area contributed by atoms with Gasteiger partial charge in [0, 0.05) is 12.6 Å². The van der Waals surface area contributed by atoms with Crippen LogP contribution in [0.4, 0.5) is 5.95 Å². The minimum absolute atomic E-state index is 0.0762. The van der Waals surface area contributed by atoms with Gasteiger partial charge in [-0.25, -0.2) is 9.67 Å². The summed E-state index contributed by atoms with van der Waals surface area (Å²) in [6.45, 7) is 9.44.